The van der Waals surface area contributed by atoms with Gasteiger partial charge >= 0.3 is 0 Å². The number of rotatable bonds is 7. The topological polar surface area (TPSA) is 73.0 Å². The van der Waals surface area contributed by atoms with Gasteiger partial charge in [0.05, 0.1) is 6.54 Å². The molecule has 6 nitrogen and oxygen atoms in total. The maximum atomic E-state index is 10.7. The highest BCUT2D eigenvalue weighted by molar-refractivity contribution is 14.0. The summed E-state index contributed by atoms with van der Waals surface area (Å²) in [5, 5.41) is 17.4. The van der Waals surface area contributed by atoms with Gasteiger partial charge in [0.1, 0.15) is 17.1 Å². The van der Waals surface area contributed by atoms with Crippen LogP contribution in [0, 0.1) is 6.92 Å². The number of hydrogen-bond donors (Lipinski definition) is 3. The molecule has 0 saturated heterocycles. The minimum absolute atomic E-state index is 0. The summed E-state index contributed by atoms with van der Waals surface area (Å²) in [6.07, 6.45) is 1.10. The highest BCUT2D eigenvalue weighted by atomic mass is 127. The zero-order chi connectivity index (χ0) is 20.9. The van der Waals surface area contributed by atoms with Gasteiger partial charge in [-0.15, -0.1) is 24.0 Å². The van der Waals surface area contributed by atoms with Gasteiger partial charge < -0.3 is 20.2 Å². The van der Waals surface area contributed by atoms with E-state index in [1.165, 1.54) is 11.1 Å². The highest BCUT2D eigenvalue weighted by Gasteiger charge is 2.27. The van der Waals surface area contributed by atoms with Crippen molar-refractivity contribution in [3.8, 4) is 0 Å². The lowest BCUT2D eigenvalue weighted by Crippen LogP contribution is -2.47. The minimum Gasteiger partial charge on any atom is -0.463 e. The Morgan fingerprint density at radius 3 is 2.63 bits per heavy atom. The van der Waals surface area contributed by atoms with Crippen LogP contribution in [0.25, 0.3) is 0 Å². The number of halogens is 1. The molecule has 2 atom stereocenters. The second kappa shape index (κ2) is 11.2. The maximum absolute atomic E-state index is 10.7. The normalized spacial score (nSPS) is 17.4. The molecule has 3 N–H and O–H groups in total. The molecular formula is C23H35IN4O2. The van der Waals surface area contributed by atoms with Crippen LogP contribution in [0.1, 0.15) is 43.4 Å². The number of aliphatic hydroxyl groups is 1. The fourth-order valence-corrected chi connectivity index (χ4v) is 3.64. The van der Waals surface area contributed by atoms with Gasteiger partial charge in [-0.1, -0.05) is 24.3 Å². The van der Waals surface area contributed by atoms with Crippen molar-refractivity contribution >= 4 is 29.9 Å². The molecular weight excluding hydrogens is 491 g/mol. The summed E-state index contributed by atoms with van der Waals surface area (Å²) in [5.41, 5.74) is 1.75. The first-order chi connectivity index (χ1) is 13.9. The predicted molar refractivity (Wildman–Crippen MR) is 132 cm³/mol. The summed E-state index contributed by atoms with van der Waals surface area (Å²) in [7, 11) is 0. The third-order valence-electron chi connectivity index (χ3n) is 5.51. The maximum Gasteiger partial charge on any atom is 0.191 e. The Morgan fingerprint density at radius 1 is 1.23 bits per heavy atom. The van der Waals surface area contributed by atoms with Crippen LogP contribution in [-0.4, -0.2) is 48.2 Å². The van der Waals surface area contributed by atoms with Crippen molar-refractivity contribution in [2.75, 3.05) is 26.2 Å². The quantitative estimate of drug-likeness (QED) is 0.293. The second-order valence-corrected chi connectivity index (χ2v) is 8.10. The third-order valence-corrected chi connectivity index (χ3v) is 5.51. The van der Waals surface area contributed by atoms with Crippen LogP contribution in [0.2, 0.25) is 0 Å². The number of furan rings is 1. The Hall–Kier alpha value is -1.58. The molecule has 2 unspecified atom stereocenters. The molecule has 2 heterocycles. The molecule has 0 saturated carbocycles. The number of aliphatic imine (C=N–C) groups is 1. The molecule has 1 aromatic heterocycles. The van der Waals surface area contributed by atoms with Crippen LogP contribution >= 0.6 is 24.0 Å². The average Bonchev–Trinajstić information content (AvgIpc) is 3.17. The zero-order valence-electron chi connectivity index (χ0n) is 18.4. The molecule has 1 aliphatic rings. The molecule has 3 rings (SSSR count). The zero-order valence-corrected chi connectivity index (χ0v) is 20.8. The lowest BCUT2D eigenvalue weighted by Gasteiger charge is -2.34. The summed E-state index contributed by atoms with van der Waals surface area (Å²) in [5.74, 6) is 2.03. The van der Waals surface area contributed by atoms with Gasteiger partial charge in [-0.25, -0.2) is 4.99 Å². The van der Waals surface area contributed by atoms with E-state index in [0.717, 1.165) is 38.4 Å². The average molecular weight is 526 g/mol. The predicted octanol–water partition coefficient (Wildman–Crippen LogP) is 3.42. The largest absolute Gasteiger partial charge is 0.463 e. The smallest absolute Gasteiger partial charge is 0.191 e. The Bertz CT molecular complexity index is 834. The van der Waals surface area contributed by atoms with Gasteiger partial charge in [0, 0.05) is 32.2 Å². The van der Waals surface area contributed by atoms with Gasteiger partial charge in [0.15, 0.2) is 5.96 Å². The monoisotopic (exact) mass is 526 g/mol. The standard InChI is InChI=1S/C23H34N4O2.HI/c1-5-24-22(26-16-23(4,28)21-11-10-18(3)29-21)25-14-17(2)27-13-12-19-8-6-7-9-20(19)15-27;/h6-11,17,28H,5,12-16H2,1-4H3,(H2,24,25,26);1H. The molecule has 0 bridgehead atoms. The molecule has 0 fully saturated rings. The Labute approximate surface area is 197 Å². The number of aryl methyl sites for hydroxylation is 1. The van der Waals surface area contributed by atoms with Crippen LogP contribution in [0.5, 0.6) is 0 Å². The van der Waals surface area contributed by atoms with Crippen molar-refractivity contribution in [1.29, 1.82) is 0 Å². The van der Waals surface area contributed by atoms with Crippen molar-refractivity contribution in [2.24, 2.45) is 4.99 Å². The number of hydrogen-bond acceptors (Lipinski definition) is 4. The van der Waals surface area contributed by atoms with Crippen molar-refractivity contribution in [2.45, 2.75) is 52.3 Å². The van der Waals surface area contributed by atoms with Crippen LogP contribution in [-0.2, 0) is 18.6 Å². The summed E-state index contributed by atoms with van der Waals surface area (Å²) in [6.45, 7) is 11.7. The molecule has 2 aromatic rings. The molecule has 1 aliphatic heterocycles. The lowest BCUT2D eigenvalue weighted by molar-refractivity contribution is 0.0428. The van der Waals surface area contributed by atoms with Gasteiger partial charge in [0.25, 0.3) is 0 Å². The van der Waals surface area contributed by atoms with Gasteiger partial charge in [-0.05, 0) is 57.4 Å². The summed E-state index contributed by atoms with van der Waals surface area (Å²) >= 11 is 0. The number of nitrogens with one attached hydrogen (secondary N) is 2. The minimum atomic E-state index is -1.14. The van der Waals surface area contributed by atoms with Crippen LogP contribution in [0.3, 0.4) is 0 Å². The highest BCUT2D eigenvalue weighted by Crippen LogP contribution is 2.23. The third kappa shape index (κ3) is 6.46. The number of benzene rings is 1. The number of fused-ring (bicyclic) bond motifs is 1. The molecule has 0 spiro atoms. The van der Waals surface area contributed by atoms with Crippen molar-refractivity contribution < 1.29 is 9.52 Å². The van der Waals surface area contributed by atoms with Gasteiger partial charge in [-0.3, -0.25) is 4.90 Å². The summed E-state index contributed by atoms with van der Waals surface area (Å²) in [6, 6.07) is 12.7. The first-order valence-electron chi connectivity index (χ1n) is 10.5. The van der Waals surface area contributed by atoms with Crippen molar-refractivity contribution in [3.63, 3.8) is 0 Å². The van der Waals surface area contributed by atoms with E-state index in [2.05, 4.69) is 51.7 Å². The van der Waals surface area contributed by atoms with Crippen molar-refractivity contribution in [1.82, 2.24) is 15.5 Å². The first-order valence-corrected chi connectivity index (χ1v) is 10.5. The molecule has 0 radical (unpaired) electrons. The first kappa shape index (κ1) is 24.7. The van der Waals surface area contributed by atoms with Crippen LogP contribution < -0.4 is 10.6 Å². The Morgan fingerprint density at radius 2 is 1.97 bits per heavy atom. The van der Waals surface area contributed by atoms with E-state index in [1.54, 1.807) is 6.92 Å². The van der Waals surface area contributed by atoms with Crippen LogP contribution in [0.4, 0.5) is 0 Å². The fourth-order valence-electron chi connectivity index (χ4n) is 3.64. The van der Waals surface area contributed by atoms with E-state index < -0.39 is 5.60 Å². The number of nitrogens with zero attached hydrogens (tertiary/aromatic N) is 2. The van der Waals surface area contributed by atoms with E-state index in [-0.39, 0.29) is 30.5 Å². The number of guanidine groups is 1. The lowest BCUT2D eigenvalue weighted by atomic mass is 9.99. The van der Waals surface area contributed by atoms with E-state index in [0.29, 0.717) is 17.8 Å². The van der Waals surface area contributed by atoms with Crippen LogP contribution in [0.15, 0.2) is 45.8 Å². The van der Waals surface area contributed by atoms with Gasteiger partial charge in [-0.2, -0.15) is 0 Å². The molecule has 0 amide bonds. The Kier molecular flexibility index (Phi) is 9.18. The molecule has 1 aromatic carbocycles. The molecule has 0 aliphatic carbocycles. The van der Waals surface area contributed by atoms with Gasteiger partial charge in [0.2, 0.25) is 0 Å². The van der Waals surface area contributed by atoms with E-state index in [9.17, 15) is 5.11 Å². The molecule has 30 heavy (non-hydrogen) atoms. The second-order valence-electron chi connectivity index (χ2n) is 8.10. The summed E-state index contributed by atoms with van der Waals surface area (Å²) in [4.78, 5) is 7.09. The SMILES string of the molecule is CCNC(=NCC(C)(O)c1ccc(C)o1)NCC(C)N1CCc2ccccc2C1.I. The Balaban J connectivity index is 0.00000320. The summed E-state index contributed by atoms with van der Waals surface area (Å²) < 4.78 is 5.58. The van der Waals surface area contributed by atoms with E-state index in [4.69, 9.17) is 4.42 Å². The van der Waals surface area contributed by atoms with E-state index >= 15 is 0 Å². The fraction of sp³-hybridized carbons (Fsp3) is 0.522. The van der Waals surface area contributed by atoms with Crippen molar-refractivity contribution in [3.05, 3.63) is 59.0 Å². The van der Waals surface area contributed by atoms with E-state index in [1.807, 2.05) is 26.0 Å². The molecule has 7 heteroatoms. The molecule has 166 valence electrons.